The summed E-state index contributed by atoms with van der Waals surface area (Å²) in [5, 5.41) is 8.92. The molecule has 0 bridgehead atoms. The van der Waals surface area contributed by atoms with Crippen LogP contribution in [0.4, 0.5) is 14.5 Å². The molecule has 1 aromatic carbocycles. The van der Waals surface area contributed by atoms with Crippen LogP contribution in [0.3, 0.4) is 0 Å². The van der Waals surface area contributed by atoms with Gasteiger partial charge in [-0.25, -0.2) is 8.78 Å². The number of carbonyl (C=O) groups is 1. The summed E-state index contributed by atoms with van der Waals surface area (Å²) in [6.07, 6.45) is 0. The first-order valence-corrected chi connectivity index (χ1v) is 6.58. The van der Waals surface area contributed by atoms with Gasteiger partial charge in [-0.15, -0.1) is 10.2 Å². The predicted octanol–water partition coefficient (Wildman–Crippen LogP) is 4.08. The van der Waals surface area contributed by atoms with Gasteiger partial charge in [-0.3, -0.25) is 4.79 Å². The lowest BCUT2D eigenvalue weighted by atomic mass is 10.2. The quantitative estimate of drug-likeness (QED) is 0.851. The Bertz CT molecular complexity index is 676. The number of halogens is 5. The number of rotatable bonds is 2. The zero-order valence-corrected chi connectivity index (χ0v) is 12.5. The van der Waals surface area contributed by atoms with Crippen molar-refractivity contribution in [1.82, 2.24) is 10.2 Å². The van der Waals surface area contributed by atoms with E-state index in [2.05, 4.69) is 31.4 Å². The lowest BCUT2D eigenvalue weighted by Crippen LogP contribution is -2.15. The van der Waals surface area contributed by atoms with Crippen molar-refractivity contribution in [2.24, 2.45) is 0 Å². The third-order valence-corrected chi connectivity index (χ3v) is 3.30. The highest BCUT2D eigenvalue weighted by Crippen LogP contribution is 2.28. The molecule has 104 valence electrons. The third kappa shape index (κ3) is 3.23. The van der Waals surface area contributed by atoms with Crippen molar-refractivity contribution in [2.75, 3.05) is 5.32 Å². The van der Waals surface area contributed by atoms with E-state index in [0.717, 1.165) is 6.07 Å². The number of amides is 1. The van der Waals surface area contributed by atoms with Crippen LogP contribution in [0.5, 0.6) is 0 Å². The molecule has 4 nitrogen and oxygen atoms in total. The van der Waals surface area contributed by atoms with E-state index in [-0.39, 0.29) is 26.0 Å². The van der Waals surface area contributed by atoms with Crippen molar-refractivity contribution in [1.29, 1.82) is 0 Å². The predicted molar refractivity (Wildman–Crippen MR) is 74.1 cm³/mol. The van der Waals surface area contributed by atoms with Crippen LogP contribution in [0.25, 0.3) is 0 Å². The summed E-state index contributed by atoms with van der Waals surface area (Å²) in [6.45, 7) is 0. The second kappa shape index (κ2) is 5.99. The lowest BCUT2D eigenvalue weighted by molar-refractivity contribution is 0.102. The lowest BCUT2D eigenvalue weighted by Gasteiger charge is -2.09. The van der Waals surface area contributed by atoms with Gasteiger partial charge < -0.3 is 5.32 Å². The first-order chi connectivity index (χ1) is 9.38. The molecular formula is C11H4BrCl2F2N3O. The van der Waals surface area contributed by atoms with Crippen molar-refractivity contribution in [3.63, 3.8) is 0 Å². The monoisotopic (exact) mass is 381 g/mol. The highest BCUT2D eigenvalue weighted by atomic mass is 79.9. The molecule has 0 radical (unpaired) electrons. The van der Waals surface area contributed by atoms with Crippen LogP contribution >= 0.6 is 39.1 Å². The number of carbonyl (C=O) groups excluding carboxylic acids is 1. The van der Waals surface area contributed by atoms with E-state index in [9.17, 15) is 13.6 Å². The molecule has 2 aromatic rings. The Morgan fingerprint density at radius 3 is 2.55 bits per heavy atom. The third-order valence-electron chi connectivity index (χ3n) is 2.21. The molecule has 0 aliphatic carbocycles. The van der Waals surface area contributed by atoms with E-state index >= 15 is 0 Å². The zero-order chi connectivity index (χ0) is 14.9. The summed E-state index contributed by atoms with van der Waals surface area (Å²) >= 11 is 14.3. The SMILES string of the molecule is O=C(Nc1c(F)cc(F)cc1Br)c1cc(Cl)nnc1Cl. The standard InChI is InChI=1S/C11H4BrCl2F2N3O/c12-6-1-4(15)2-7(16)9(6)17-11(20)5-3-8(13)18-19-10(5)14/h1-3H,(H,17,20). The number of hydrogen-bond donors (Lipinski definition) is 1. The van der Waals surface area contributed by atoms with Crippen molar-refractivity contribution in [3.8, 4) is 0 Å². The van der Waals surface area contributed by atoms with E-state index in [1.54, 1.807) is 0 Å². The first kappa shape index (κ1) is 15.1. The number of anilines is 1. The van der Waals surface area contributed by atoms with Gasteiger partial charge in [-0.2, -0.15) is 0 Å². The van der Waals surface area contributed by atoms with Gasteiger partial charge in [0.25, 0.3) is 5.91 Å². The Kier molecular flexibility index (Phi) is 4.52. The number of hydrogen-bond acceptors (Lipinski definition) is 3. The van der Waals surface area contributed by atoms with Crippen LogP contribution in [-0.4, -0.2) is 16.1 Å². The summed E-state index contributed by atoms with van der Waals surface area (Å²) in [6, 6.07) is 2.83. The fourth-order valence-corrected chi connectivity index (χ4v) is 2.19. The van der Waals surface area contributed by atoms with Gasteiger partial charge in [0.2, 0.25) is 0 Å². The van der Waals surface area contributed by atoms with Crippen molar-refractivity contribution < 1.29 is 13.6 Å². The highest BCUT2D eigenvalue weighted by molar-refractivity contribution is 9.10. The summed E-state index contributed by atoms with van der Waals surface area (Å²) in [4.78, 5) is 12.0. The smallest absolute Gasteiger partial charge is 0.259 e. The topological polar surface area (TPSA) is 54.9 Å². The van der Waals surface area contributed by atoms with Gasteiger partial charge in [-0.1, -0.05) is 23.2 Å². The Morgan fingerprint density at radius 1 is 1.20 bits per heavy atom. The Morgan fingerprint density at radius 2 is 1.90 bits per heavy atom. The second-order valence-electron chi connectivity index (χ2n) is 3.57. The molecule has 0 unspecified atom stereocenters. The molecule has 1 amide bonds. The maximum absolute atomic E-state index is 13.6. The first-order valence-electron chi connectivity index (χ1n) is 5.03. The summed E-state index contributed by atoms with van der Waals surface area (Å²) in [5.41, 5.74) is -0.303. The maximum atomic E-state index is 13.6. The molecule has 2 rings (SSSR count). The minimum absolute atomic E-state index is 0.0433. The largest absolute Gasteiger partial charge is 0.318 e. The molecule has 0 saturated heterocycles. The maximum Gasteiger partial charge on any atom is 0.259 e. The van der Waals surface area contributed by atoms with Gasteiger partial charge in [0.1, 0.15) is 5.82 Å². The minimum Gasteiger partial charge on any atom is -0.318 e. The summed E-state index contributed by atoms with van der Waals surface area (Å²) in [7, 11) is 0. The molecule has 0 fully saturated rings. The summed E-state index contributed by atoms with van der Waals surface area (Å²) in [5.74, 6) is -2.47. The fourth-order valence-electron chi connectivity index (χ4n) is 1.35. The Hall–Kier alpha value is -1.31. The highest BCUT2D eigenvalue weighted by Gasteiger charge is 2.17. The molecule has 20 heavy (non-hydrogen) atoms. The van der Waals surface area contributed by atoms with Crippen molar-refractivity contribution in [3.05, 3.63) is 50.2 Å². The van der Waals surface area contributed by atoms with Gasteiger partial charge >= 0.3 is 0 Å². The van der Waals surface area contributed by atoms with Gasteiger partial charge in [-0.05, 0) is 28.1 Å². The molecule has 0 atom stereocenters. The zero-order valence-electron chi connectivity index (χ0n) is 9.42. The fraction of sp³-hybridized carbons (Fsp3) is 0. The molecule has 0 aliphatic heterocycles. The van der Waals surface area contributed by atoms with E-state index in [4.69, 9.17) is 23.2 Å². The van der Waals surface area contributed by atoms with Crippen LogP contribution in [0.2, 0.25) is 10.3 Å². The van der Waals surface area contributed by atoms with Gasteiger partial charge in [0.15, 0.2) is 16.1 Å². The Balaban J connectivity index is 2.35. The van der Waals surface area contributed by atoms with Crippen LogP contribution < -0.4 is 5.32 Å². The van der Waals surface area contributed by atoms with Crippen LogP contribution in [0, 0.1) is 11.6 Å². The minimum atomic E-state index is -0.936. The van der Waals surface area contributed by atoms with Crippen LogP contribution in [-0.2, 0) is 0 Å². The van der Waals surface area contributed by atoms with Crippen molar-refractivity contribution in [2.45, 2.75) is 0 Å². The van der Waals surface area contributed by atoms with Crippen LogP contribution in [0.15, 0.2) is 22.7 Å². The molecule has 1 aromatic heterocycles. The second-order valence-corrected chi connectivity index (χ2v) is 5.17. The van der Waals surface area contributed by atoms with E-state index in [1.165, 1.54) is 6.07 Å². The van der Waals surface area contributed by atoms with Gasteiger partial charge in [0.05, 0.1) is 11.3 Å². The van der Waals surface area contributed by atoms with Gasteiger partial charge in [0, 0.05) is 10.5 Å². The molecule has 0 saturated carbocycles. The van der Waals surface area contributed by atoms with Crippen LogP contribution in [0.1, 0.15) is 10.4 Å². The number of nitrogens with one attached hydrogen (secondary N) is 1. The normalized spacial score (nSPS) is 10.4. The molecule has 1 heterocycles. The molecule has 1 N–H and O–H groups in total. The Labute approximate surface area is 130 Å². The average Bonchev–Trinajstić information content (AvgIpc) is 2.36. The van der Waals surface area contributed by atoms with E-state index in [1.807, 2.05) is 0 Å². The summed E-state index contributed by atoms with van der Waals surface area (Å²) < 4.78 is 26.6. The van der Waals surface area contributed by atoms with E-state index in [0.29, 0.717) is 6.07 Å². The molecular weight excluding hydrogens is 379 g/mol. The number of benzene rings is 1. The van der Waals surface area contributed by atoms with Crippen molar-refractivity contribution >= 4 is 50.7 Å². The average molecular weight is 383 g/mol. The molecule has 0 spiro atoms. The molecule has 9 heteroatoms. The number of aromatic nitrogens is 2. The molecule has 0 aliphatic rings. The van der Waals surface area contributed by atoms with E-state index < -0.39 is 17.5 Å². The number of nitrogens with zero attached hydrogens (tertiary/aromatic N) is 2.